The lowest BCUT2D eigenvalue weighted by molar-refractivity contribution is -0.137. The van der Waals surface area contributed by atoms with Crippen molar-refractivity contribution in [1.29, 1.82) is 0 Å². The third-order valence-corrected chi connectivity index (χ3v) is 3.51. The topological polar surface area (TPSA) is 6.48 Å². The molecule has 1 aromatic carbocycles. The smallest absolute Gasteiger partial charge is 0.304 e. The first-order chi connectivity index (χ1) is 9.45. The first kappa shape index (κ1) is 15.1. The molecule has 1 aromatic rings. The molecular weight excluding hydrogens is 265 g/mol. The second-order valence-electron chi connectivity index (χ2n) is 5.13. The lowest BCUT2D eigenvalue weighted by Gasteiger charge is -2.31. The van der Waals surface area contributed by atoms with Gasteiger partial charge in [-0.3, -0.25) is 4.90 Å². The van der Waals surface area contributed by atoms with Crippen LogP contribution in [0, 0.1) is 0 Å². The summed E-state index contributed by atoms with van der Waals surface area (Å²) >= 11 is 0. The molecule has 1 saturated heterocycles. The van der Waals surface area contributed by atoms with Crippen molar-refractivity contribution in [3.63, 3.8) is 0 Å². The largest absolute Gasteiger partial charge is 0.416 e. The van der Waals surface area contributed by atoms with Crippen molar-refractivity contribution in [2.24, 2.45) is 0 Å². The first-order valence-corrected chi connectivity index (χ1v) is 6.70. The van der Waals surface area contributed by atoms with Crippen LogP contribution in [0.25, 0.3) is 6.08 Å². The van der Waals surface area contributed by atoms with Gasteiger partial charge in [-0.2, -0.15) is 13.2 Å². The highest BCUT2D eigenvalue weighted by molar-refractivity contribution is 5.50. The molecule has 0 aromatic heterocycles. The third kappa shape index (κ3) is 4.35. The van der Waals surface area contributed by atoms with Crippen LogP contribution in [0.15, 0.2) is 30.3 Å². The summed E-state index contributed by atoms with van der Waals surface area (Å²) in [7, 11) is 2.11. The zero-order chi connectivity index (χ0) is 14.6. The van der Waals surface area contributed by atoms with Crippen molar-refractivity contribution in [2.75, 3.05) is 39.8 Å². The minimum Gasteiger partial charge on any atom is -0.304 e. The summed E-state index contributed by atoms with van der Waals surface area (Å²) in [4.78, 5) is 4.62. The molecule has 1 aliphatic heterocycles. The molecule has 1 aliphatic rings. The molecule has 0 N–H and O–H groups in total. The molecule has 0 saturated carbocycles. The number of alkyl halides is 3. The van der Waals surface area contributed by atoms with Crippen LogP contribution in [-0.2, 0) is 6.18 Å². The van der Waals surface area contributed by atoms with E-state index in [1.807, 2.05) is 12.2 Å². The Hall–Kier alpha value is -1.33. The van der Waals surface area contributed by atoms with E-state index in [0.717, 1.165) is 50.4 Å². The Labute approximate surface area is 117 Å². The van der Waals surface area contributed by atoms with Crippen LogP contribution in [0.1, 0.15) is 11.1 Å². The highest BCUT2D eigenvalue weighted by atomic mass is 19.4. The summed E-state index contributed by atoms with van der Waals surface area (Å²) in [6.45, 7) is 5.04. The predicted octanol–water partition coefficient (Wildman–Crippen LogP) is 2.97. The fourth-order valence-electron chi connectivity index (χ4n) is 2.15. The van der Waals surface area contributed by atoms with E-state index in [2.05, 4.69) is 16.8 Å². The van der Waals surface area contributed by atoms with Crippen molar-refractivity contribution in [2.45, 2.75) is 6.18 Å². The molecule has 0 spiro atoms. The maximum absolute atomic E-state index is 12.4. The van der Waals surface area contributed by atoms with Gasteiger partial charge < -0.3 is 4.90 Å². The summed E-state index contributed by atoms with van der Waals surface area (Å²) in [5.74, 6) is 0. The van der Waals surface area contributed by atoms with Crippen molar-refractivity contribution in [3.8, 4) is 0 Å². The van der Waals surface area contributed by atoms with Crippen LogP contribution < -0.4 is 0 Å². The summed E-state index contributed by atoms with van der Waals surface area (Å²) < 4.78 is 37.3. The van der Waals surface area contributed by atoms with E-state index in [1.165, 1.54) is 12.1 Å². The standard InChI is InChI=1S/C15H19F3N2/c1-19-9-11-20(12-10-19)8-2-3-13-4-6-14(7-5-13)15(16,17)18/h2-7H,8-12H2,1H3/b3-2+. The molecule has 20 heavy (non-hydrogen) atoms. The maximum Gasteiger partial charge on any atom is 0.416 e. The number of hydrogen-bond acceptors (Lipinski definition) is 2. The normalized spacial score (nSPS) is 18.8. The van der Waals surface area contributed by atoms with E-state index < -0.39 is 11.7 Å². The number of benzene rings is 1. The Bertz CT molecular complexity index is 443. The Kier molecular flexibility index (Phi) is 4.83. The molecule has 0 aliphatic carbocycles. The average molecular weight is 284 g/mol. The minimum absolute atomic E-state index is 0.603. The van der Waals surface area contributed by atoms with E-state index in [4.69, 9.17) is 0 Å². The Morgan fingerprint density at radius 3 is 2.20 bits per heavy atom. The van der Waals surface area contributed by atoms with Crippen molar-refractivity contribution in [3.05, 3.63) is 41.5 Å². The molecule has 2 rings (SSSR count). The predicted molar refractivity (Wildman–Crippen MR) is 74.4 cm³/mol. The third-order valence-electron chi connectivity index (χ3n) is 3.51. The highest BCUT2D eigenvalue weighted by Gasteiger charge is 2.29. The van der Waals surface area contributed by atoms with Gasteiger partial charge in [-0.05, 0) is 24.7 Å². The van der Waals surface area contributed by atoms with Gasteiger partial charge in [0.2, 0.25) is 0 Å². The van der Waals surface area contributed by atoms with Gasteiger partial charge in [0.25, 0.3) is 0 Å². The number of rotatable bonds is 3. The van der Waals surface area contributed by atoms with Crippen LogP contribution in [0.3, 0.4) is 0 Å². The quantitative estimate of drug-likeness (QED) is 0.842. The second kappa shape index (κ2) is 6.41. The monoisotopic (exact) mass is 284 g/mol. The van der Waals surface area contributed by atoms with E-state index in [9.17, 15) is 13.2 Å². The van der Waals surface area contributed by atoms with Crippen LogP contribution in [0.2, 0.25) is 0 Å². The Balaban J connectivity index is 1.85. The van der Waals surface area contributed by atoms with E-state index in [0.29, 0.717) is 0 Å². The molecule has 0 bridgehead atoms. The summed E-state index contributed by atoms with van der Waals surface area (Å²) in [6, 6.07) is 5.25. The number of nitrogens with zero attached hydrogens (tertiary/aromatic N) is 2. The van der Waals surface area contributed by atoms with Gasteiger partial charge in [0, 0.05) is 32.7 Å². The SMILES string of the molecule is CN1CCN(C/C=C/c2ccc(C(F)(F)F)cc2)CC1. The summed E-state index contributed by atoms with van der Waals surface area (Å²) in [5, 5.41) is 0. The van der Waals surface area contributed by atoms with Gasteiger partial charge in [-0.15, -0.1) is 0 Å². The van der Waals surface area contributed by atoms with Crippen LogP contribution in [0.5, 0.6) is 0 Å². The summed E-state index contributed by atoms with van der Waals surface area (Å²) in [6.07, 6.45) is -0.380. The molecule has 1 heterocycles. The summed E-state index contributed by atoms with van der Waals surface area (Å²) in [5.41, 5.74) is 0.195. The lowest BCUT2D eigenvalue weighted by Crippen LogP contribution is -2.44. The van der Waals surface area contributed by atoms with Gasteiger partial charge in [0.15, 0.2) is 0 Å². The molecular formula is C15H19F3N2. The molecule has 0 radical (unpaired) electrons. The van der Waals surface area contributed by atoms with E-state index in [1.54, 1.807) is 0 Å². The Morgan fingerprint density at radius 1 is 1.05 bits per heavy atom. The van der Waals surface area contributed by atoms with Gasteiger partial charge in [-0.1, -0.05) is 24.3 Å². The molecule has 5 heteroatoms. The number of hydrogen-bond donors (Lipinski definition) is 0. The number of halogens is 3. The van der Waals surface area contributed by atoms with Gasteiger partial charge in [-0.25, -0.2) is 0 Å². The molecule has 0 amide bonds. The lowest BCUT2D eigenvalue weighted by atomic mass is 10.1. The van der Waals surface area contributed by atoms with Crippen molar-refractivity contribution < 1.29 is 13.2 Å². The van der Waals surface area contributed by atoms with E-state index in [-0.39, 0.29) is 0 Å². The fraction of sp³-hybridized carbons (Fsp3) is 0.467. The molecule has 2 nitrogen and oxygen atoms in total. The zero-order valence-electron chi connectivity index (χ0n) is 11.5. The minimum atomic E-state index is -4.26. The van der Waals surface area contributed by atoms with E-state index >= 15 is 0 Å². The molecule has 1 fully saturated rings. The Morgan fingerprint density at radius 2 is 1.65 bits per heavy atom. The second-order valence-corrected chi connectivity index (χ2v) is 5.13. The maximum atomic E-state index is 12.4. The average Bonchev–Trinajstić information content (AvgIpc) is 2.41. The van der Waals surface area contributed by atoms with Gasteiger partial charge in [0.05, 0.1) is 5.56 Å². The van der Waals surface area contributed by atoms with Crippen molar-refractivity contribution in [1.82, 2.24) is 9.80 Å². The van der Waals surface area contributed by atoms with Crippen LogP contribution in [-0.4, -0.2) is 49.6 Å². The molecule has 110 valence electrons. The first-order valence-electron chi connectivity index (χ1n) is 6.70. The molecule has 0 atom stereocenters. The van der Waals surface area contributed by atoms with Gasteiger partial charge >= 0.3 is 6.18 Å². The van der Waals surface area contributed by atoms with Gasteiger partial charge in [0.1, 0.15) is 0 Å². The number of piperazine rings is 1. The number of likely N-dealkylation sites (N-methyl/N-ethyl adjacent to an activating group) is 1. The molecule has 0 unspecified atom stereocenters. The van der Waals surface area contributed by atoms with Crippen LogP contribution >= 0.6 is 0 Å². The zero-order valence-corrected chi connectivity index (χ0v) is 11.5. The van der Waals surface area contributed by atoms with Crippen molar-refractivity contribution >= 4 is 6.08 Å². The highest BCUT2D eigenvalue weighted by Crippen LogP contribution is 2.29. The fourth-order valence-corrected chi connectivity index (χ4v) is 2.15. The van der Waals surface area contributed by atoms with Crippen LogP contribution in [0.4, 0.5) is 13.2 Å².